The van der Waals surface area contributed by atoms with Gasteiger partial charge in [-0.3, -0.25) is 9.89 Å². The Bertz CT molecular complexity index is 961. The second-order valence-corrected chi connectivity index (χ2v) is 11.3. The van der Waals surface area contributed by atoms with Crippen molar-refractivity contribution in [2.45, 2.75) is 41.7 Å². The number of halogens is 1. The molecule has 1 aliphatic carbocycles. The summed E-state index contributed by atoms with van der Waals surface area (Å²) in [7, 11) is -2.29. The van der Waals surface area contributed by atoms with Gasteiger partial charge < -0.3 is 4.90 Å². The second kappa shape index (κ2) is 7.74. The summed E-state index contributed by atoms with van der Waals surface area (Å²) in [6.07, 6.45) is 3.92. The molecule has 1 amide bonds. The molecule has 2 aromatic rings. The van der Waals surface area contributed by atoms with Crippen LogP contribution in [0.2, 0.25) is 4.34 Å². The van der Waals surface area contributed by atoms with E-state index < -0.39 is 10.0 Å². The molecule has 0 spiro atoms. The van der Waals surface area contributed by atoms with Crippen molar-refractivity contribution < 1.29 is 13.2 Å². The topological polar surface area (TPSA) is 99.3 Å². The quantitative estimate of drug-likeness (QED) is 0.739. The zero-order chi connectivity index (χ0) is 19.9. The van der Waals surface area contributed by atoms with Crippen molar-refractivity contribution in [2.75, 3.05) is 26.7 Å². The molecule has 0 unspecified atom stereocenters. The third-order valence-electron chi connectivity index (χ3n) is 5.27. The highest BCUT2D eigenvalue weighted by atomic mass is 35.5. The summed E-state index contributed by atoms with van der Waals surface area (Å²) in [5, 5.41) is 7.36. The highest BCUT2D eigenvalue weighted by Crippen LogP contribution is 2.38. The Hall–Kier alpha value is -1.49. The minimum Gasteiger partial charge on any atom is -0.342 e. The molecule has 1 N–H and O–H groups in total. The van der Waals surface area contributed by atoms with E-state index in [4.69, 9.17) is 11.6 Å². The van der Waals surface area contributed by atoms with Crippen LogP contribution < -0.4 is 0 Å². The molecule has 28 heavy (non-hydrogen) atoms. The summed E-state index contributed by atoms with van der Waals surface area (Å²) in [4.78, 5) is 18.9. The summed E-state index contributed by atoms with van der Waals surface area (Å²) >= 11 is 6.82. The van der Waals surface area contributed by atoms with E-state index in [1.807, 2.05) is 0 Å². The van der Waals surface area contributed by atoms with Gasteiger partial charge in [-0.1, -0.05) is 11.6 Å². The van der Waals surface area contributed by atoms with Crippen LogP contribution in [0.3, 0.4) is 0 Å². The summed E-state index contributed by atoms with van der Waals surface area (Å²) in [5.41, 5.74) is 0. The van der Waals surface area contributed by atoms with Crippen molar-refractivity contribution >= 4 is 38.9 Å². The highest BCUT2D eigenvalue weighted by Gasteiger charge is 2.32. The van der Waals surface area contributed by atoms with Crippen molar-refractivity contribution in [3.8, 4) is 0 Å². The van der Waals surface area contributed by atoms with Crippen LogP contribution in [0.1, 0.15) is 49.2 Å². The monoisotopic (exact) mass is 443 g/mol. The van der Waals surface area contributed by atoms with Crippen LogP contribution in [-0.2, 0) is 14.8 Å². The Kier molecular flexibility index (Phi) is 5.47. The van der Waals surface area contributed by atoms with Crippen LogP contribution in [0.25, 0.3) is 0 Å². The standard InChI is InChI=1S/C17H22ClN5O3S2/c1-22(28(25,26)15-5-4-13(18)27-15)10-14(24)23-8-6-12(7-9-23)17-19-16(20-21-17)11-2-3-11/h4-5,11-12H,2-3,6-10H2,1H3,(H,19,20,21). The van der Waals surface area contributed by atoms with Gasteiger partial charge in [-0.05, 0) is 37.8 Å². The number of sulfonamides is 1. The molecular formula is C17H22ClN5O3S2. The minimum absolute atomic E-state index is 0.142. The number of hydrogen-bond donors (Lipinski definition) is 1. The molecule has 0 radical (unpaired) electrons. The third-order valence-corrected chi connectivity index (χ3v) is 8.77. The molecule has 1 saturated carbocycles. The fourth-order valence-corrected chi connectivity index (χ4v) is 6.18. The van der Waals surface area contributed by atoms with E-state index in [1.165, 1.54) is 32.0 Å². The van der Waals surface area contributed by atoms with E-state index >= 15 is 0 Å². The summed E-state index contributed by atoms with van der Waals surface area (Å²) in [5.74, 6) is 2.40. The normalized spacial score (nSPS) is 18.8. The van der Waals surface area contributed by atoms with E-state index in [-0.39, 0.29) is 22.6 Å². The number of piperidine rings is 1. The third kappa shape index (κ3) is 4.10. The van der Waals surface area contributed by atoms with Crippen molar-refractivity contribution in [1.29, 1.82) is 0 Å². The number of aromatic amines is 1. The number of nitrogens with one attached hydrogen (secondary N) is 1. The first-order valence-corrected chi connectivity index (χ1v) is 11.9. The maximum absolute atomic E-state index is 12.6. The zero-order valence-electron chi connectivity index (χ0n) is 15.5. The van der Waals surface area contributed by atoms with Crippen molar-refractivity contribution in [3.63, 3.8) is 0 Å². The molecular weight excluding hydrogens is 422 g/mol. The van der Waals surface area contributed by atoms with E-state index in [2.05, 4.69) is 15.2 Å². The lowest BCUT2D eigenvalue weighted by atomic mass is 9.96. The van der Waals surface area contributed by atoms with Crippen molar-refractivity contribution in [2.24, 2.45) is 0 Å². The Morgan fingerprint density at radius 3 is 2.61 bits per heavy atom. The Morgan fingerprint density at radius 2 is 2.00 bits per heavy atom. The Balaban J connectivity index is 1.32. The number of carbonyl (C=O) groups is 1. The van der Waals surface area contributed by atoms with Gasteiger partial charge in [0.05, 0.1) is 10.9 Å². The molecule has 2 aromatic heterocycles. The van der Waals surface area contributed by atoms with Gasteiger partial charge in [-0.25, -0.2) is 13.4 Å². The average molecular weight is 444 g/mol. The van der Waals surface area contributed by atoms with E-state index in [9.17, 15) is 13.2 Å². The Labute approximate surface area is 172 Å². The van der Waals surface area contributed by atoms with E-state index in [0.29, 0.717) is 23.3 Å². The largest absolute Gasteiger partial charge is 0.342 e. The summed E-state index contributed by atoms with van der Waals surface area (Å²) in [6.45, 7) is 0.986. The van der Waals surface area contributed by atoms with Crippen LogP contribution in [0.15, 0.2) is 16.3 Å². The average Bonchev–Trinajstić information content (AvgIpc) is 3.23. The SMILES string of the molecule is CN(CC(=O)N1CCC(c2nc(C3CC3)n[nH]2)CC1)S(=O)(=O)c1ccc(Cl)s1. The van der Waals surface area contributed by atoms with Gasteiger partial charge in [0.25, 0.3) is 10.0 Å². The zero-order valence-corrected chi connectivity index (χ0v) is 17.9. The smallest absolute Gasteiger partial charge is 0.252 e. The molecule has 11 heteroatoms. The van der Waals surface area contributed by atoms with Gasteiger partial charge in [-0.2, -0.15) is 9.40 Å². The first kappa shape index (κ1) is 19.8. The maximum Gasteiger partial charge on any atom is 0.252 e. The number of likely N-dealkylation sites (tertiary alicyclic amines) is 1. The second-order valence-electron chi connectivity index (χ2n) is 7.33. The summed E-state index contributed by atoms with van der Waals surface area (Å²) < 4.78 is 26.7. The van der Waals surface area contributed by atoms with Gasteiger partial charge in [0.15, 0.2) is 5.82 Å². The fourth-order valence-electron chi connectivity index (χ4n) is 3.36. The first-order chi connectivity index (χ1) is 13.3. The molecule has 3 heterocycles. The molecule has 4 rings (SSSR count). The van der Waals surface area contributed by atoms with Gasteiger partial charge in [0.1, 0.15) is 10.0 Å². The molecule has 2 fully saturated rings. The van der Waals surface area contributed by atoms with Crippen LogP contribution in [0, 0.1) is 0 Å². The van der Waals surface area contributed by atoms with Crippen LogP contribution in [0.5, 0.6) is 0 Å². The number of nitrogens with zero attached hydrogens (tertiary/aromatic N) is 4. The minimum atomic E-state index is -3.71. The lowest BCUT2D eigenvalue weighted by Gasteiger charge is -2.32. The van der Waals surface area contributed by atoms with Crippen LogP contribution in [0.4, 0.5) is 0 Å². The van der Waals surface area contributed by atoms with Crippen molar-refractivity contribution in [3.05, 3.63) is 28.1 Å². The number of hydrogen-bond acceptors (Lipinski definition) is 6. The van der Waals surface area contributed by atoms with Crippen LogP contribution in [-0.4, -0.2) is 65.4 Å². The van der Waals surface area contributed by atoms with Gasteiger partial charge in [0, 0.05) is 32.0 Å². The molecule has 8 nitrogen and oxygen atoms in total. The van der Waals surface area contributed by atoms with E-state index in [1.54, 1.807) is 4.90 Å². The highest BCUT2D eigenvalue weighted by molar-refractivity contribution is 7.91. The predicted octanol–water partition coefficient (Wildman–Crippen LogP) is 2.42. The van der Waals surface area contributed by atoms with E-state index in [0.717, 1.165) is 40.1 Å². The first-order valence-electron chi connectivity index (χ1n) is 9.26. The number of rotatable bonds is 6. The predicted molar refractivity (Wildman–Crippen MR) is 106 cm³/mol. The van der Waals surface area contributed by atoms with Gasteiger partial charge in [0.2, 0.25) is 5.91 Å². The number of likely N-dealkylation sites (N-methyl/N-ethyl adjacent to an activating group) is 1. The van der Waals surface area contributed by atoms with Crippen molar-refractivity contribution in [1.82, 2.24) is 24.4 Å². The molecule has 152 valence electrons. The fraction of sp³-hybridized carbons (Fsp3) is 0.588. The molecule has 1 saturated heterocycles. The number of aromatic nitrogens is 3. The van der Waals surface area contributed by atoms with Gasteiger partial charge >= 0.3 is 0 Å². The Morgan fingerprint density at radius 1 is 1.29 bits per heavy atom. The molecule has 0 aromatic carbocycles. The molecule has 0 bridgehead atoms. The molecule has 2 aliphatic rings. The number of thiophene rings is 1. The number of amides is 1. The number of H-pyrrole nitrogens is 1. The maximum atomic E-state index is 12.6. The lowest BCUT2D eigenvalue weighted by molar-refractivity contribution is -0.132. The molecule has 0 atom stereocenters. The number of carbonyl (C=O) groups excluding carboxylic acids is 1. The molecule has 1 aliphatic heterocycles. The summed E-state index contributed by atoms with van der Waals surface area (Å²) in [6, 6.07) is 3.00. The van der Waals surface area contributed by atoms with Gasteiger partial charge in [-0.15, -0.1) is 11.3 Å². The lowest BCUT2D eigenvalue weighted by Crippen LogP contribution is -2.44. The van der Waals surface area contributed by atoms with Crippen LogP contribution >= 0.6 is 22.9 Å².